The highest BCUT2D eigenvalue weighted by atomic mass is 16.5. The first kappa shape index (κ1) is 25.7. The van der Waals surface area contributed by atoms with Gasteiger partial charge in [0.1, 0.15) is 5.75 Å². The highest BCUT2D eigenvalue weighted by molar-refractivity contribution is 5.87. The van der Waals surface area contributed by atoms with Gasteiger partial charge >= 0.3 is 0 Å². The Morgan fingerprint density at radius 1 is 0.645 bits per heavy atom. The molecule has 0 heterocycles. The lowest BCUT2D eigenvalue weighted by Crippen LogP contribution is -2.04. The molecule has 2 nitrogen and oxygen atoms in total. The van der Waals surface area contributed by atoms with Crippen molar-refractivity contribution in [2.75, 3.05) is 13.2 Å². The molecule has 0 fully saturated rings. The molecule has 2 aromatic rings. The van der Waals surface area contributed by atoms with Gasteiger partial charge in [0, 0.05) is 5.56 Å². The van der Waals surface area contributed by atoms with Gasteiger partial charge in [-0.05, 0) is 42.6 Å². The van der Waals surface area contributed by atoms with E-state index in [1.54, 1.807) is 0 Å². The third-order valence-electron chi connectivity index (χ3n) is 6.38. The van der Waals surface area contributed by atoms with Crippen LogP contribution < -0.4 is 10.5 Å². The molecule has 0 amide bonds. The van der Waals surface area contributed by atoms with E-state index in [4.69, 9.17) is 10.5 Å². The third kappa shape index (κ3) is 10.5. The highest BCUT2D eigenvalue weighted by Crippen LogP contribution is 2.29. The third-order valence-corrected chi connectivity index (χ3v) is 6.38. The summed E-state index contributed by atoms with van der Waals surface area (Å²) in [4.78, 5) is 0. The van der Waals surface area contributed by atoms with Crippen LogP contribution in [0.1, 0.15) is 109 Å². The van der Waals surface area contributed by atoms with E-state index in [0.29, 0.717) is 0 Å². The topological polar surface area (TPSA) is 35.2 Å². The SMILES string of the molecule is CCCCCCCCCCCCCCCCOc1ccc2ccccc2c1CCCN. The fraction of sp³-hybridized carbons (Fsp3) is 0.655. The van der Waals surface area contributed by atoms with Crippen molar-refractivity contribution in [1.82, 2.24) is 0 Å². The summed E-state index contributed by atoms with van der Waals surface area (Å²) in [6.45, 7) is 3.84. The highest BCUT2D eigenvalue weighted by Gasteiger charge is 2.08. The Labute approximate surface area is 192 Å². The van der Waals surface area contributed by atoms with Gasteiger partial charge < -0.3 is 10.5 Å². The molecule has 2 rings (SSSR count). The first-order valence-corrected chi connectivity index (χ1v) is 13.2. The molecule has 0 unspecified atom stereocenters. The van der Waals surface area contributed by atoms with E-state index < -0.39 is 0 Å². The number of fused-ring (bicyclic) bond motifs is 1. The lowest BCUT2D eigenvalue weighted by molar-refractivity contribution is 0.301. The molecule has 0 saturated heterocycles. The molecule has 31 heavy (non-hydrogen) atoms. The average molecular weight is 426 g/mol. The van der Waals surface area contributed by atoms with Gasteiger partial charge in [0.15, 0.2) is 0 Å². The van der Waals surface area contributed by atoms with E-state index in [-0.39, 0.29) is 0 Å². The van der Waals surface area contributed by atoms with Crippen molar-refractivity contribution in [2.45, 2.75) is 110 Å². The second-order valence-corrected chi connectivity index (χ2v) is 9.10. The first-order chi connectivity index (χ1) is 15.4. The number of aryl methyl sites for hydroxylation is 1. The van der Waals surface area contributed by atoms with Crippen molar-refractivity contribution in [3.8, 4) is 5.75 Å². The Kier molecular flexibility index (Phi) is 14.2. The van der Waals surface area contributed by atoms with Crippen LogP contribution in [0.25, 0.3) is 10.8 Å². The maximum Gasteiger partial charge on any atom is 0.123 e. The zero-order valence-electron chi connectivity index (χ0n) is 20.2. The van der Waals surface area contributed by atoms with Gasteiger partial charge in [-0.15, -0.1) is 0 Å². The maximum atomic E-state index is 6.21. The molecule has 0 bridgehead atoms. The summed E-state index contributed by atoms with van der Waals surface area (Å²) >= 11 is 0. The molecule has 0 aromatic heterocycles. The minimum Gasteiger partial charge on any atom is -0.493 e. The molecule has 0 spiro atoms. The van der Waals surface area contributed by atoms with Crippen LogP contribution in [0.4, 0.5) is 0 Å². The molecular weight excluding hydrogens is 378 g/mol. The van der Waals surface area contributed by atoms with Crippen molar-refractivity contribution in [1.29, 1.82) is 0 Å². The zero-order valence-corrected chi connectivity index (χ0v) is 20.2. The fourth-order valence-corrected chi connectivity index (χ4v) is 4.47. The van der Waals surface area contributed by atoms with Crippen LogP contribution in [0.2, 0.25) is 0 Å². The maximum absolute atomic E-state index is 6.21. The van der Waals surface area contributed by atoms with Gasteiger partial charge in [0.2, 0.25) is 0 Å². The number of rotatable bonds is 19. The number of hydrogen-bond donors (Lipinski definition) is 1. The van der Waals surface area contributed by atoms with Gasteiger partial charge in [0.05, 0.1) is 6.61 Å². The molecule has 2 heteroatoms. The number of nitrogens with two attached hydrogens (primary N) is 1. The second-order valence-electron chi connectivity index (χ2n) is 9.10. The minimum atomic E-state index is 0.724. The molecule has 0 aliphatic rings. The molecule has 0 saturated carbocycles. The minimum absolute atomic E-state index is 0.724. The number of unbranched alkanes of at least 4 members (excludes halogenated alkanes) is 13. The Morgan fingerprint density at radius 2 is 1.23 bits per heavy atom. The summed E-state index contributed by atoms with van der Waals surface area (Å²) in [5, 5.41) is 2.60. The Hall–Kier alpha value is -1.54. The van der Waals surface area contributed by atoms with Crippen LogP contribution in [0.3, 0.4) is 0 Å². The molecule has 0 atom stereocenters. The predicted molar refractivity (Wildman–Crippen MR) is 137 cm³/mol. The number of ether oxygens (including phenoxy) is 1. The Morgan fingerprint density at radius 3 is 1.84 bits per heavy atom. The van der Waals surface area contributed by atoms with E-state index in [1.807, 2.05) is 0 Å². The van der Waals surface area contributed by atoms with Crippen LogP contribution in [-0.4, -0.2) is 13.2 Å². The van der Waals surface area contributed by atoms with Crippen molar-refractivity contribution >= 4 is 10.8 Å². The normalized spacial score (nSPS) is 11.3. The van der Waals surface area contributed by atoms with Crippen molar-refractivity contribution in [3.05, 3.63) is 42.0 Å². The van der Waals surface area contributed by atoms with E-state index >= 15 is 0 Å². The lowest BCUT2D eigenvalue weighted by atomic mass is 9.99. The van der Waals surface area contributed by atoms with Gasteiger partial charge in [-0.3, -0.25) is 0 Å². The molecule has 2 aromatic carbocycles. The molecule has 2 N–H and O–H groups in total. The second kappa shape index (κ2) is 17.1. The summed E-state index contributed by atoms with van der Waals surface area (Å²) in [7, 11) is 0. The Bertz CT molecular complexity index is 696. The van der Waals surface area contributed by atoms with Crippen molar-refractivity contribution in [3.63, 3.8) is 0 Å². The van der Waals surface area contributed by atoms with Crippen LogP contribution in [0, 0.1) is 0 Å². The monoisotopic (exact) mass is 425 g/mol. The first-order valence-electron chi connectivity index (χ1n) is 13.2. The van der Waals surface area contributed by atoms with Crippen LogP contribution in [0.5, 0.6) is 5.75 Å². The van der Waals surface area contributed by atoms with Gasteiger partial charge in [-0.1, -0.05) is 121 Å². The summed E-state index contributed by atoms with van der Waals surface area (Å²) in [5.41, 5.74) is 7.09. The largest absolute Gasteiger partial charge is 0.493 e. The van der Waals surface area contributed by atoms with Gasteiger partial charge in [-0.25, -0.2) is 0 Å². The molecule has 174 valence electrons. The number of hydrogen-bond acceptors (Lipinski definition) is 2. The average Bonchev–Trinajstić information content (AvgIpc) is 2.80. The van der Waals surface area contributed by atoms with Crippen LogP contribution in [0.15, 0.2) is 36.4 Å². The van der Waals surface area contributed by atoms with Gasteiger partial charge in [0.25, 0.3) is 0 Å². The molecule has 0 aliphatic heterocycles. The molecule has 0 aliphatic carbocycles. The van der Waals surface area contributed by atoms with Crippen molar-refractivity contribution < 1.29 is 4.74 Å². The standard InChI is InChI=1S/C29H47NO/c1-2-3-4-5-6-7-8-9-10-11-12-13-14-17-25-31-29-23-22-26-19-15-16-20-27(26)28(29)21-18-24-30/h15-16,19-20,22-23H,2-14,17-18,21,24-25,30H2,1H3. The van der Waals surface area contributed by atoms with Crippen molar-refractivity contribution in [2.24, 2.45) is 5.73 Å². The van der Waals surface area contributed by atoms with Crippen LogP contribution >= 0.6 is 0 Å². The zero-order chi connectivity index (χ0) is 22.0. The van der Waals surface area contributed by atoms with E-state index in [1.165, 1.54) is 99.8 Å². The lowest BCUT2D eigenvalue weighted by Gasteiger charge is -2.14. The quantitative estimate of drug-likeness (QED) is 0.229. The summed E-state index contributed by atoms with van der Waals surface area (Å²) in [6.07, 6.45) is 21.4. The predicted octanol–water partition coefficient (Wildman–Crippen LogP) is 8.59. The van der Waals surface area contributed by atoms with E-state index in [2.05, 4.69) is 43.3 Å². The summed E-state index contributed by atoms with van der Waals surface area (Å²) in [6, 6.07) is 12.9. The van der Waals surface area contributed by atoms with Gasteiger partial charge in [-0.2, -0.15) is 0 Å². The van der Waals surface area contributed by atoms with Crippen LogP contribution in [-0.2, 0) is 6.42 Å². The Balaban J connectivity index is 1.53. The fourth-order valence-electron chi connectivity index (χ4n) is 4.47. The van der Waals surface area contributed by atoms with E-state index in [0.717, 1.165) is 38.2 Å². The number of benzene rings is 2. The summed E-state index contributed by atoms with van der Waals surface area (Å²) < 4.78 is 6.21. The molecule has 0 radical (unpaired) electrons. The smallest absolute Gasteiger partial charge is 0.123 e. The summed E-state index contributed by atoms with van der Waals surface area (Å²) in [5.74, 6) is 1.06. The molecular formula is C29H47NO. The van der Waals surface area contributed by atoms with E-state index in [9.17, 15) is 0 Å².